The van der Waals surface area contributed by atoms with Crippen LogP contribution < -0.4 is 5.32 Å². The Kier molecular flexibility index (Phi) is 2.87. The molecule has 0 saturated heterocycles. The molecule has 2 heteroatoms. The molecule has 1 aromatic carbocycles. The molecule has 0 heterocycles. The summed E-state index contributed by atoms with van der Waals surface area (Å²) in [6.07, 6.45) is 4.00. The van der Waals surface area contributed by atoms with Crippen molar-refractivity contribution in [3.8, 4) is 6.07 Å². The first-order valence-corrected chi connectivity index (χ1v) is 7.64. The fourth-order valence-corrected chi connectivity index (χ4v) is 4.69. The SMILES string of the molecule is Cc1ccc(NC2C3(C)CCC(C3)C2(C)C)c(C#N)c1. The van der Waals surface area contributed by atoms with Crippen LogP contribution in [0.4, 0.5) is 5.69 Å². The number of anilines is 1. The average Bonchev–Trinajstić information content (AvgIpc) is 2.87. The van der Waals surface area contributed by atoms with E-state index in [0.29, 0.717) is 16.9 Å². The molecule has 0 aromatic heterocycles. The molecule has 1 aromatic rings. The number of rotatable bonds is 2. The summed E-state index contributed by atoms with van der Waals surface area (Å²) in [7, 11) is 0. The van der Waals surface area contributed by atoms with Crippen molar-refractivity contribution in [3.63, 3.8) is 0 Å². The van der Waals surface area contributed by atoms with Crippen LogP contribution in [-0.2, 0) is 0 Å². The molecule has 2 aliphatic carbocycles. The van der Waals surface area contributed by atoms with Gasteiger partial charge in [0.15, 0.2) is 0 Å². The molecule has 2 saturated carbocycles. The van der Waals surface area contributed by atoms with Gasteiger partial charge >= 0.3 is 0 Å². The number of hydrogen-bond donors (Lipinski definition) is 1. The number of nitrogens with zero attached hydrogens (tertiary/aromatic N) is 1. The third kappa shape index (κ3) is 1.84. The molecule has 2 aliphatic rings. The van der Waals surface area contributed by atoms with Crippen molar-refractivity contribution in [2.24, 2.45) is 16.7 Å². The number of hydrogen-bond acceptors (Lipinski definition) is 2. The van der Waals surface area contributed by atoms with Gasteiger partial charge in [0, 0.05) is 6.04 Å². The average molecular weight is 268 g/mol. The summed E-state index contributed by atoms with van der Waals surface area (Å²) in [4.78, 5) is 0. The zero-order chi connectivity index (χ0) is 14.5. The maximum atomic E-state index is 9.35. The van der Waals surface area contributed by atoms with E-state index in [1.807, 2.05) is 13.0 Å². The van der Waals surface area contributed by atoms with Crippen LogP contribution in [0.1, 0.15) is 51.2 Å². The zero-order valence-electron chi connectivity index (χ0n) is 13.0. The summed E-state index contributed by atoms with van der Waals surface area (Å²) in [5.74, 6) is 0.820. The van der Waals surface area contributed by atoms with Crippen molar-refractivity contribution < 1.29 is 0 Å². The molecule has 0 spiro atoms. The summed E-state index contributed by atoms with van der Waals surface area (Å²) in [6.45, 7) is 9.23. The lowest BCUT2D eigenvalue weighted by Gasteiger charge is -2.43. The Hall–Kier alpha value is -1.49. The number of aryl methyl sites for hydroxylation is 1. The van der Waals surface area contributed by atoms with E-state index in [2.05, 4.69) is 44.3 Å². The van der Waals surface area contributed by atoms with Crippen molar-refractivity contribution in [2.45, 2.75) is 53.0 Å². The van der Waals surface area contributed by atoms with Crippen LogP contribution in [0.25, 0.3) is 0 Å². The first-order chi connectivity index (χ1) is 9.37. The number of nitrogens with one attached hydrogen (secondary N) is 1. The van der Waals surface area contributed by atoms with E-state index in [1.54, 1.807) is 0 Å². The molecular formula is C18H24N2. The lowest BCUT2D eigenvalue weighted by atomic mass is 9.68. The highest BCUT2D eigenvalue weighted by molar-refractivity contribution is 5.59. The lowest BCUT2D eigenvalue weighted by Crippen LogP contribution is -2.45. The van der Waals surface area contributed by atoms with Crippen LogP contribution in [0.2, 0.25) is 0 Å². The van der Waals surface area contributed by atoms with Crippen LogP contribution in [0.5, 0.6) is 0 Å². The first-order valence-electron chi connectivity index (χ1n) is 7.64. The molecule has 0 amide bonds. The summed E-state index contributed by atoms with van der Waals surface area (Å²) in [6, 6.07) is 8.93. The molecule has 3 unspecified atom stereocenters. The van der Waals surface area contributed by atoms with Gasteiger partial charge in [0.1, 0.15) is 6.07 Å². The van der Waals surface area contributed by atoms with Gasteiger partial charge in [-0.25, -0.2) is 0 Å². The van der Waals surface area contributed by atoms with Gasteiger partial charge < -0.3 is 5.32 Å². The highest BCUT2D eigenvalue weighted by atomic mass is 15.0. The molecule has 3 rings (SSSR count). The molecule has 2 fully saturated rings. The molecule has 0 radical (unpaired) electrons. The third-order valence-electron chi connectivity index (χ3n) is 5.87. The molecular weight excluding hydrogens is 244 g/mol. The van der Waals surface area contributed by atoms with Gasteiger partial charge in [-0.3, -0.25) is 0 Å². The quantitative estimate of drug-likeness (QED) is 0.857. The molecule has 106 valence electrons. The van der Waals surface area contributed by atoms with Crippen LogP contribution in [0, 0.1) is 35.0 Å². The van der Waals surface area contributed by atoms with E-state index in [1.165, 1.54) is 19.3 Å². The number of nitriles is 1. The molecule has 0 aliphatic heterocycles. The monoisotopic (exact) mass is 268 g/mol. The highest BCUT2D eigenvalue weighted by Crippen LogP contribution is 2.63. The van der Waals surface area contributed by atoms with Crippen molar-refractivity contribution >= 4 is 5.69 Å². The first kappa shape index (κ1) is 13.5. The third-order valence-corrected chi connectivity index (χ3v) is 5.87. The van der Waals surface area contributed by atoms with Gasteiger partial charge in [-0.2, -0.15) is 5.26 Å². The van der Waals surface area contributed by atoms with Crippen LogP contribution in [0.15, 0.2) is 18.2 Å². The van der Waals surface area contributed by atoms with E-state index >= 15 is 0 Å². The number of fused-ring (bicyclic) bond motifs is 2. The topological polar surface area (TPSA) is 35.8 Å². The largest absolute Gasteiger partial charge is 0.380 e. The summed E-state index contributed by atoms with van der Waals surface area (Å²) >= 11 is 0. The normalized spacial score (nSPS) is 34.0. The van der Waals surface area contributed by atoms with Crippen molar-refractivity contribution in [2.75, 3.05) is 5.32 Å². The van der Waals surface area contributed by atoms with Crippen molar-refractivity contribution in [1.82, 2.24) is 0 Å². The Morgan fingerprint density at radius 2 is 2.05 bits per heavy atom. The van der Waals surface area contributed by atoms with E-state index < -0.39 is 0 Å². The fourth-order valence-electron chi connectivity index (χ4n) is 4.69. The van der Waals surface area contributed by atoms with Crippen LogP contribution in [-0.4, -0.2) is 6.04 Å². The second kappa shape index (κ2) is 4.25. The summed E-state index contributed by atoms with van der Waals surface area (Å²) < 4.78 is 0. The minimum Gasteiger partial charge on any atom is -0.380 e. The van der Waals surface area contributed by atoms with Crippen LogP contribution in [0.3, 0.4) is 0 Å². The van der Waals surface area contributed by atoms with E-state index in [4.69, 9.17) is 0 Å². The van der Waals surface area contributed by atoms with Crippen molar-refractivity contribution in [1.29, 1.82) is 5.26 Å². The van der Waals surface area contributed by atoms with Crippen LogP contribution >= 0.6 is 0 Å². The Balaban J connectivity index is 1.94. The van der Waals surface area contributed by atoms with Crippen molar-refractivity contribution in [3.05, 3.63) is 29.3 Å². The maximum absolute atomic E-state index is 9.35. The summed E-state index contributed by atoms with van der Waals surface area (Å²) in [5.41, 5.74) is 3.61. The minimum absolute atomic E-state index is 0.310. The second-order valence-electron chi connectivity index (χ2n) is 7.65. The molecule has 20 heavy (non-hydrogen) atoms. The zero-order valence-corrected chi connectivity index (χ0v) is 13.0. The molecule has 3 atom stereocenters. The fraction of sp³-hybridized carbons (Fsp3) is 0.611. The molecule has 2 nitrogen and oxygen atoms in total. The Morgan fingerprint density at radius 3 is 2.65 bits per heavy atom. The highest BCUT2D eigenvalue weighted by Gasteiger charge is 2.59. The van der Waals surface area contributed by atoms with Gasteiger partial charge in [-0.05, 0) is 60.6 Å². The van der Waals surface area contributed by atoms with Gasteiger partial charge in [0.2, 0.25) is 0 Å². The van der Waals surface area contributed by atoms with Gasteiger partial charge in [-0.15, -0.1) is 0 Å². The Bertz CT molecular complexity index is 577. The molecule has 1 N–H and O–H groups in total. The van der Waals surface area contributed by atoms with Gasteiger partial charge in [0.05, 0.1) is 11.3 Å². The van der Waals surface area contributed by atoms with E-state index in [-0.39, 0.29) is 0 Å². The predicted molar refractivity (Wildman–Crippen MR) is 82.5 cm³/mol. The smallest absolute Gasteiger partial charge is 0.101 e. The van der Waals surface area contributed by atoms with Gasteiger partial charge in [-0.1, -0.05) is 26.8 Å². The predicted octanol–water partition coefficient (Wildman–Crippen LogP) is 4.49. The van der Waals surface area contributed by atoms with E-state index in [0.717, 1.165) is 22.7 Å². The number of benzene rings is 1. The Morgan fingerprint density at radius 1 is 1.30 bits per heavy atom. The molecule has 2 bridgehead atoms. The Labute approximate surface area is 122 Å². The maximum Gasteiger partial charge on any atom is 0.101 e. The minimum atomic E-state index is 0.310. The van der Waals surface area contributed by atoms with Gasteiger partial charge in [0.25, 0.3) is 0 Å². The lowest BCUT2D eigenvalue weighted by molar-refractivity contribution is 0.155. The van der Waals surface area contributed by atoms with E-state index in [9.17, 15) is 5.26 Å². The standard InChI is InChI=1S/C18H24N2/c1-12-5-6-15(13(9-12)11-19)20-16-17(2,3)14-7-8-18(16,4)10-14/h5-6,9,14,16,20H,7-8,10H2,1-4H3. The second-order valence-corrected chi connectivity index (χ2v) is 7.65. The summed E-state index contributed by atoms with van der Waals surface area (Å²) in [5, 5.41) is 13.1.